The molecule has 0 N–H and O–H groups in total. The highest BCUT2D eigenvalue weighted by Gasteiger charge is 2.34. The van der Waals surface area contributed by atoms with Crippen LogP contribution in [0.15, 0.2) is 48.8 Å². The van der Waals surface area contributed by atoms with Crippen molar-refractivity contribution in [3.8, 4) is 11.4 Å². The van der Waals surface area contributed by atoms with E-state index in [0.29, 0.717) is 12.1 Å². The minimum atomic E-state index is -0.0874. The number of amides is 1. The topological polar surface area (TPSA) is 68.8 Å². The summed E-state index contributed by atoms with van der Waals surface area (Å²) in [6.07, 6.45) is 7.03. The fraction of sp³-hybridized carbons (Fsp3) is 0.360. The van der Waals surface area contributed by atoms with Gasteiger partial charge in [0.1, 0.15) is 0 Å². The Bertz CT molecular complexity index is 1330. The average molecular weight is 427 g/mol. The van der Waals surface area contributed by atoms with E-state index in [2.05, 4.69) is 27.8 Å². The monoisotopic (exact) mass is 426 g/mol. The second kappa shape index (κ2) is 7.29. The number of pyridine rings is 1. The van der Waals surface area contributed by atoms with Gasteiger partial charge >= 0.3 is 0 Å². The molecule has 1 fully saturated rings. The molecule has 1 aliphatic heterocycles. The molecule has 4 aromatic rings. The molecular formula is C25H26N6O. The van der Waals surface area contributed by atoms with E-state index < -0.39 is 0 Å². The quantitative estimate of drug-likeness (QED) is 0.495. The maximum atomic E-state index is 13.4. The fourth-order valence-electron chi connectivity index (χ4n) is 4.94. The van der Waals surface area contributed by atoms with E-state index in [1.165, 1.54) is 18.4 Å². The Balaban J connectivity index is 1.32. The SMILES string of the molecule is C[C@H]1c2nn(C)c(-c3ccnn3CC3CC3)c2CCN1C(=O)c1ccc2ncccc2c1. The summed E-state index contributed by atoms with van der Waals surface area (Å²) in [5, 5.41) is 10.4. The summed E-state index contributed by atoms with van der Waals surface area (Å²) in [7, 11) is 2.00. The molecule has 32 heavy (non-hydrogen) atoms. The molecule has 0 unspecified atom stereocenters. The van der Waals surface area contributed by atoms with E-state index in [4.69, 9.17) is 5.10 Å². The lowest BCUT2D eigenvalue weighted by molar-refractivity contribution is 0.0674. The van der Waals surface area contributed by atoms with Crippen molar-refractivity contribution in [2.45, 2.75) is 38.8 Å². The summed E-state index contributed by atoms with van der Waals surface area (Å²) >= 11 is 0. The molecule has 7 nitrogen and oxygen atoms in total. The Hall–Kier alpha value is -3.48. The number of hydrogen-bond acceptors (Lipinski definition) is 4. The third kappa shape index (κ3) is 3.11. The van der Waals surface area contributed by atoms with E-state index in [-0.39, 0.29) is 11.9 Å². The van der Waals surface area contributed by atoms with Crippen LogP contribution in [-0.2, 0) is 20.0 Å². The van der Waals surface area contributed by atoms with Crippen LogP contribution in [0.25, 0.3) is 22.3 Å². The van der Waals surface area contributed by atoms with Crippen molar-refractivity contribution in [1.82, 2.24) is 29.4 Å². The van der Waals surface area contributed by atoms with Gasteiger partial charge in [-0.25, -0.2) is 0 Å². The molecule has 6 rings (SSSR count). The zero-order valence-electron chi connectivity index (χ0n) is 18.4. The van der Waals surface area contributed by atoms with Crippen LogP contribution in [0.4, 0.5) is 0 Å². The lowest BCUT2D eigenvalue weighted by Crippen LogP contribution is -2.38. The molecule has 1 aromatic carbocycles. The number of nitrogens with zero attached hydrogens (tertiary/aromatic N) is 6. The number of aromatic nitrogens is 5. The molecule has 0 saturated heterocycles. The van der Waals surface area contributed by atoms with Crippen LogP contribution < -0.4 is 0 Å². The van der Waals surface area contributed by atoms with E-state index in [1.54, 1.807) is 6.20 Å². The smallest absolute Gasteiger partial charge is 0.254 e. The molecule has 2 aliphatic rings. The van der Waals surface area contributed by atoms with E-state index >= 15 is 0 Å². The van der Waals surface area contributed by atoms with Crippen LogP contribution in [0, 0.1) is 5.92 Å². The first-order valence-electron chi connectivity index (χ1n) is 11.3. The van der Waals surface area contributed by atoms with Crippen LogP contribution >= 0.6 is 0 Å². The third-order valence-corrected chi connectivity index (χ3v) is 6.84. The molecule has 162 valence electrons. The Morgan fingerprint density at radius 1 is 1.16 bits per heavy atom. The third-order valence-electron chi connectivity index (χ3n) is 6.84. The normalized spacial score (nSPS) is 18.2. The van der Waals surface area contributed by atoms with Crippen molar-refractivity contribution < 1.29 is 4.79 Å². The van der Waals surface area contributed by atoms with Crippen molar-refractivity contribution in [1.29, 1.82) is 0 Å². The second-order valence-corrected chi connectivity index (χ2v) is 9.01. The summed E-state index contributed by atoms with van der Waals surface area (Å²) in [4.78, 5) is 19.7. The predicted molar refractivity (Wildman–Crippen MR) is 122 cm³/mol. The van der Waals surface area contributed by atoms with Gasteiger partial charge in [0.05, 0.1) is 28.6 Å². The molecular weight excluding hydrogens is 400 g/mol. The molecule has 1 aliphatic carbocycles. The number of carbonyl (C=O) groups excluding carboxylic acids is 1. The maximum Gasteiger partial charge on any atom is 0.254 e. The number of aryl methyl sites for hydroxylation is 1. The van der Waals surface area contributed by atoms with Crippen molar-refractivity contribution >= 4 is 16.8 Å². The number of carbonyl (C=O) groups is 1. The number of rotatable bonds is 4. The van der Waals surface area contributed by atoms with Crippen molar-refractivity contribution in [2.75, 3.05) is 6.54 Å². The molecule has 4 heterocycles. The van der Waals surface area contributed by atoms with Crippen LogP contribution in [0.2, 0.25) is 0 Å². The van der Waals surface area contributed by atoms with E-state index in [0.717, 1.165) is 46.9 Å². The summed E-state index contributed by atoms with van der Waals surface area (Å²) in [5.74, 6) is 0.793. The highest BCUT2D eigenvalue weighted by Crippen LogP contribution is 2.37. The molecule has 1 atom stereocenters. The van der Waals surface area contributed by atoms with Gasteiger partial charge in [-0.15, -0.1) is 0 Å². The van der Waals surface area contributed by atoms with Gasteiger partial charge in [0.2, 0.25) is 0 Å². The average Bonchev–Trinajstić information content (AvgIpc) is 3.41. The van der Waals surface area contributed by atoms with Gasteiger partial charge in [-0.2, -0.15) is 10.2 Å². The number of benzene rings is 1. The summed E-state index contributed by atoms with van der Waals surface area (Å²) in [6.45, 7) is 3.73. The molecule has 3 aromatic heterocycles. The first-order chi connectivity index (χ1) is 15.6. The number of fused-ring (bicyclic) bond motifs is 2. The molecule has 0 radical (unpaired) electrons. The largest absolute Gasteiger partial charge is 0.330 e. The van der Waals surface area contributed by atoms with Gasteiger partial charge in [-0.1, -0.05) is 6.07 Å². The van der Waals surface area contributed by atoms with Crippen molar-refractivity contribution in [3.05, 3.63) is 65.6 Å². The molecule has 1 saturated carbocycles. The lowest BCUT2D eigenvalue weighted by Gasteiger charge is -2.33. The van der Waals surface area contributed by atoms with Gasteiger partial charge in [-0.05, 0) is 62.4 Å². The zero-order chi connectivity index (χ0) is 21.8. The van der Waals surface area contributed by atoms with Gasteiger partial charge in [0.25, 0.3) is 5.91 Å². The molecule has 0 bridgehead atoms. The summed E-state index contributed by atoms with van der Waals surface area (Å²) in [5.41, 5.74) is 6.08. The van der Waals surface area contributed by atoms with E-state index in [1.807, 2.05) is 53.2 Å². The van der Waals surface area contributed by atoms with E-state index in [9.17, 15) is 4.79 Å². The Morgan fingerprint density at radius 2 is 2.03 bits per heavy atom. The molecule has 1 amide bonds. The van der Waals surface area contributed by atoms with Gasteiger partial charge < -0.3 is 4.90 Å². The zero-order valence-corrected chi connectivity index (χ0v) is 18.4. The Kier molecular flexibility index (Phi) is 4.38. The van der Waals surface area contributed by atoms with Crippen molar-refractivity contribution in [3.63, 3.8) is 0 Å². The van der Waals surface area contributed by atoms with Gasteiger partial charge in [0.15, 0.2) is 0 Å². The molecule has 7 heteroatoms. The standard InChI is InChI=1S/C25H26N6O/c1-16-23-20(24(29(2)28-23)22-9-12-27-31(22)15-17-5-6-17)10-13-30(16)25(32)19-7-8-21-18(14-19)4-3-11-26-21/h3-4,7-9,11-12,14,16-17H,5-6,10,13,15H2,1-2H3/t16-/m0/s1. The Morgan fingerprint density at radius 3 is 2.88 bits per heavy atom. The minimum Gasteiger partial charge on any atom is -0.330 e. The highest BCUT2D eigenvalue weighted by molar-refractivity contribution is 5.98. The summed E-state index contributed by atoms with van der Waals surface area (Å²) in [6, 6.07) is 11.6. The highest BCUT2D eigenvalue weighted by atomic mass is 16.2. The first-order valence-corrected chi connectivity index (χ1v) is 11.3. The lowest BCUT2D eigenvalue weighted by atomic mass is 9.96. The molecule has 0 spiro atoms. The summed E-state index contributed by atoms with van der Waals surface area (Å²) < 4.78 is 4.09. The number of hydrogen-bond donors (Lipinski definition) is 0. The fourth-order valence-corrected chi connectivity index (χ4v) is 4.94. The predicted octanol–water partition coefficient (Wildman–Crippen LogP) is 4.00. The van der Waals surface area contributed by atoms with Gasteiger partial charge in [0, 0.05) is 49.0 Å². The van der Waals surface area contributed by atoms with Gasteiger partial charge in [-0.3, -0.25) is 19.1 Å². The minimum absolute atomic E-state index is 0.0416. The van der Waals surface area contributed by atoms with Crippen LogP contribution in [0.5, 0.6) is 0 Å². The van der Waals surface area contributed by atoms with Crippen LogP contribution in [0.3, 0.4) is 0 Å². The van der Waals surface area contributed by atoms with Crippen LogP contribution in [0.1, 0.15) is 47.4 Å². The van der Waals surface area contributed by atoms with Crippen molar-refractivity contribution in [2.24, 2.45) is 13.0 Å². The van der Waals surface area contributed by atoms with Crippen LogP contribution in [-0.4, -0.2) is 41.9 Å². The Labute approximate surface area is 186 Å². The first kappa shape index (κ1) is 19.2. The maximum absolute atomic E-state index is 13.4. The second-order valence-electron chi connectivity index (χ2n) is 9.01.